The highest BCUT2D eigenvalue weighted by Gasteiger charge is 2.53. The van der Waals surface area contributed by atoms with Crippen molar-refractivity contribution >= 4 is 17.4 Å². The first kappa shape index (κ1) is 23.3. The normalized spacial score (nSPS) is 17.8. The lowest BCUT2D eigenvalue weighted by Crippen LogP contribution is -2.56. The van der Waals surface area contributed by atoms with E-state index < -0.39 is 5.54 Å². The van der Waals surface area contributed by atoms with Gasteiger partial charge in [0.15, 0.2) is 5.78 Å². The number of carbonyl (C=O) groups excluding carboxylic acids is 2. The molecule has 35 heavy (non-hydrogen) atoms. The molecule has 0 N–H and O–H groups in total. The molecule has 5 rings (SSSR count). The zero-order chi connectivity index (χ0) is 24.1. The van der Waals surface area contributed by atoms with Gasteiger partial charge < -0.3 is 14.7 Å². The van der Waals surface area contributed by atoms with Gasteiger partial charge in [-0.1, -0.05) is 78.9 Å². The van der Waals surface area contributed by atoms with Crippen molar-refractivity contribution in [1.29, 1.82) is 0 Å². The van der Waals surface area contributed by atoms with Crippen molar-refractivity contribution in [2.24, 2.45) is 0 Å². The maximum Gasteiger partial charge on any atom is 0.250 e. The smallest absolute Gasteiger partial charge is 0.250 e. The van der Waals surface area contributed by atoms with E-state index in [0.29, 0.717) is 19.6 Å². The number of para-hydroxylation sites is 1. The monoisotopic (exact) mass is 467 g/mol. The third-order valence-electron chi connectivity index (χ3n) is 7.46. The first-order valence-electron chi connectivity index (χ1n) is 12.6. The summed E-state index contributed by atoms with van der Waals surface area (Å²) in [6.07, 6.45) is 3.01. The highest BCUT2D eigenvalue weighted by molar-refractivity contribution is 5.96. The molecule has 0 aliphatic carbocycles. The molecule has 0 saturated carbocycles. The zero-order valence-electron chi connectivity index (χ0n) is 20.2. The van der Waals surface area contributed by atoms with Crippen LogP contribution in [0.1, 0.15) is 41.6 Å². The summed E-state index contributed by atoms with van der Waals surface area (Å²) in [5.41, 5.74) is 2.57. The average Bonchev–Trinajstić information content (AvgIpc) is 3.17. The van der Waals surface area contributed by atoms with Crippen molar-refractivity contribution in [2.75, 3.05) is 31.2 Å². The molecule has 1 spiro atoms. The number of nitrogens with zero attached hydrogens (tertiary/aromatic N) is 3. The SMILES string of the molecule is O=C(CCCN1CCC2(CC1)C(=O)N(Cc1ccccc1)CN2c1ccccc1)c1ccccc1. The molecule has 0 aromatic heterocycles. The first-order valence-corrected chi connectivity index (χ1v) is 12.6. The van der Waals surface area contributed by atoms with Crippen molar-refractivity contribution in [1.82, 2.24) is 9.80 Å². The molecule has 5 nitrogen and oxygen atoms in total. The molecule has 0 bridgehead atoms. The summed E-state index contributed by atoms with van der Waals surface area (Å²) in [6.45, 7) is 3.88. The Bertz CT molecular complexity index is 1130. The number of ketones is 1. The van der Waals surface area contributed by atoms with Crippen LogP contribution in [0.4, 0.5) is 5.69 Å². The van der Waals surface area contributed by atoms with Gasteiger partial charge in [0.25, 0.3) is 0 Å². The number of benzene rings is 3. The van der Waals surface area contributed by atoms with E-state index in [1.165, 1.54) is 0 Å². The van der Waals surface area contributed by atoms with Gasteiger partial charge in [-0.05, 0) is 43.5 Å². The van der Waals surface area contributed by atoms with E-state index in [9.17, 15) is 9.59 Å². The maximum atomic E-state index is 13.9. The first-order chi connectivity index (χ1) is 17.2. The van der Waals surface area contributed by atoms with Crippen LogP contribution >= 0.6 is 0 Å². The van der Waals surface area contributed by atoms with Crippen molar-refractivity contribution in [3.63, 3.8) is 0 Å². The Morgan fingerprint density at radius 3 is 2.06 bits per heavy atom. The van der Waals surface area contributed by atoms with Gasteiger partial charge in [-0.3, -0.25) is 9.59 Å². The fourth-order valence-corrected chi connectivity index (χ4v) is 5.50. The van der Waals surface area contributed by atoms with Gasteiger partial charge in [0.1, 0.15) is 5.54 Å². The summed E-state index contributed by atoms with van der Waals surface area (Å²) in [7, 11) is 0. The number of carbonyl (C=O) groups is 2. The van der Waals surface area contributed by atoms with Crippen LogP contribution in [-0.2, 0) is 11.3 Å². The predicted molar refractivity (Wildman–Crippen MR) is 139 cm³/mol. The number of likely N-dealkylation sites (tertiary alicyclic amines) is 1. The molecule has 180 valence electrons. The molecule has 2 saturated heterocycles. The molecule has 3 aromatic rings. The zero-order valence-corrected chi connectivity index (χ0v) is 20.2. The molecule has 5 heteroatoms. The number of Topliss-reactive ketones (excluding diaryl/α,β-unsaturated/α-hetero) is 1. The van der Waals surface area contributed by atoms with Crippen molar-refractivity contribution in [2.45, 2.75) is 37.8 Å². The highest BCUT2D eigenvalue weighted by Crippen LogP contribution is 2.40. The minimum Gasteiger partial charge on any atom is -0.339 e. The summed E-state index contributed by atoms with van der Waals surface area (Å²) in [5.74, 6) is 0.445. The number of anilines is 1. The van der Waals surface area contributed by atoms with Crippen LogP contribution in [0, 0.1) is 0 Å². The minimum absolute atomic E-state index is 0.205. The third-order valence-corrected chi connectivity index (χ3v) is 7.46. The van der Waals surface area contributed by atoms with Crippen molar-refractivity contribution in [3.05, 3.63) is 102 Å². The summed E-state index contributed by atoms with van der Waals surface area (Å²) >= 11 is 0. The highest BCUT2D eigenvalue weighted by atomic mass is 16.2. The Labute approximate surface area is 208 Å². The number of hydrogen-bond acceptors (Lipinski definition) is 4. The molecule has 0 unspecified atom stereocenters. The molecule has 1 amide bonds. The number of rotatable bonds is 8. The van der Waals surface area contributed by atoms with Crippen LogP contribution < -0.4 is 4.90 Å². The number of amides is 1. The maximum absolute atomic E-state index is 13.9. The summed E-state index contributed by atoms with van der Waals surface area (Å²) < 4.78 is 0. The van der Waals surface area contributed by atoms with Crippen molar-refractivity contribution < 1.29 is 9.59 Å². The van der Waals surface area contributed by atoms with Gasteiger partial charge in [-0.2, -0.15) is 0 Å². The van der Waals surface area contributed by atoms with Crippen LogP contribution in [0.5, 0.6) is 0 Å². The van der Waals surface area contributed by atoms with Crippen molar-refractivity contribution in [3.8, 4) is 0 Å². The molecule has 2 aliphatic heterocycles. The Hall–Kier alpha value is -3.44. The second-order valence-corrected chi connectivity index (χ2v) is 9.66. The quantitative estimate of drug-likeness (QED) is 0.438. The largest absolute Gasteiger partial charge is 0.339 e. The third kappa shape index (κ3) is 5.01. The minimum atomic E-state index is -0.494. The Morgan fingerprint density at radius 1 is 0.800 bits per heavy atom. The topological polar surface area (TPSA) is 43.9 Å². The fraction of sp³-hybridized carbons (Fsp3) is 0.333. The van der Waals surface area contributed by atoms with E-state index in [1.807, 2.05) is 71.6 Å². The predicted octanol–water partition coefficient (Wildman–Crippen LogP) is 4.99. The van der Waals surface area contributed by atoms with Gasteiger partial charge in [-0.15, -0.1) is 0 Å². The average molecular weight is 468 g/mol. The van der Waals surface area contributed by atoms with E-state index in [-0.39, 0.29) is 11.7 Å². The molecule has 0 radical (unpaired) electrons. The van der Waals surface area contributed by atoms with Gasteiger partial charge in [0, 0.05) is 37.3 Å². The second-order valence-electron chi connectivity index (χ2n) is 9.66. The van der Waals surface area contributed by atoms with E-state index >= 15 is 0 Å². The lowest BCUT2D eigenvalue weighted by atomic mass is 9.85. The number of piperidine rings is 1. The number of hydrogen-bond donors (Lipinski definition) is 0. The van der Waals surface area contributed by atoms with E-state index in [0.717, 1.165) is 55.7 Å². The molecule has 2 aliphatic rings. The Balaban J connectivity index is 1.24. The summed E-state index contributed by atoms with van der Waals surface area (Å²) in [5, 5.41) is 0. The second kappa shape index (κ2) is 10.4. The van der Waals surface area contributed by atoms with Crippen LogP contribution in [-0.4, -0.2) is 53.3 Å². The van der Waals surface area contributed by atoms with Crippen LogP contribution in [0.2, 0.25) is 0 Å². The molecular formula is C30H33N3O2. The van der Waals surface area contributed by atoms with E-state index in [1.54, 1.807) is 0 Å². The van der Waals surface area contributed by atoms with Gasteiger partial charge in [0.05, 0.1) is 6.67 Å². The summed E-state index contributed by atoms with van der Waals surface area (Å²) in [4.78, 5) is 33.1. The van der Waals surface area contributed by atoms with Gasteiger partial charge in [0.2, 0.25) is 5.91 Å². The van der Waals surface area contributed by atoms with E-state index in [2.05, 4.69) is 34.1 Å². The summed E-state index contributed by atoms with van der Waals surface area (Å²) in [6, 6.07) is 30.1. The molecule has 2 fully saturated rings. The van der Waals surface area contributed by atoms with E-state index in [4.69, 9.17) is 0 Å². The lowest BCUT2D eigenvalue weighted by molar-refractivity contribution is -0.134. The Morgan fingerprint density at radius 2 is 1.40 bits per heavy atom. The standard InChI is InChI=1S/C30H33N3O2/c34-28(26-13-6-2-7-14-26)17-10-20-31-21-18-30(19-22-31)29(35)32(23-25-11-4-1-5-12-25)24-33(30)27-15-8-3-9-16-27/h1-9,11-16H,10,17-24H2. The lowest BCUT2D eigenvalue weighted by Gasteiger charge is -2.43. The molecule has 3 aromatic carbocycles. The molecule has 0 atom stereocenters. The van der Waals surface area contributed by atoms with Gasteiger partial charge >= 0.3 is 0 Å². The fourth-order valence-electron chi connectivity index (χ4n) is 5.50. The molecule has 2 heterocycles. The van der Waals surface area contributed by atoms with Crippen LogP contribution in [0.15, 0.2) is 91.0 Å². The van der Waals surface area contributed by atoms with Crippen LogP contribution in [0.3, 0.4) is 0 Å². The Kier molecular flexibility index (Phi) is 6.96. The van der Waals surface area contributed by atoms with Gasteiger partial charge in [-0.25, -0.2) is 0 Å². The van der Waals surface area contributed by atoms with Crippen LogP contribution in [0.25, 0.3) is 0 Å². The molecular weight excluding hydrogens is 434 g/mol.